The maximum Gasteiger partial charge on any atom is 0.127 e. The lowest BCUT2D eigenvalue weighted by Crippen LogP contribution is -2.10. The summed E-state index contributed by atoms with van der Waals surface area (Å²) in [6.45, 7) is 8.15. The topological polar surface area (TPSA) is 24.9 Å². The first kappa shape index (κ1) is 37.3. The predicted molar refractivity (Wildman–Crippen MR) is 235 cm³/mol. The van der Waals surface area contributed by atoms with E-state index in [4.69, 9.17) is 9.47 Å². The summed E-state index contributed by atoms with van der Waals surface area (Å²) >= 11 is 0. The van der Waals surface area contributed by atoms with E-state index in [0.717, 1.165) is 68.2 Å². The van der Waals surface area contributed by atoms with Crippen molar-refractivity contribution in [2.75, 3.05) is 9.80 Å². The normalized spacial score (nSPS) is 10.5. The molecule has 0 aromatic heterocycles. The van der Waals surface area contributed by atoms with Crippen LogP contribution in [-0.4, -0.2) is 0 Å². The molecule has 56 heavy (non-hydrogen) atoms. The van der Waals surface area contributed by atoms with Crippen LogP contribution >= 0.6 is 0 Å². The quantitative estimate of drug-likeness (QED) is 0.132. The number of rotatable bonds is 11. The number of hydrogen-bond acceptors (Lipinski definition) is 4. The van der Waals surface area contributed by atoms with E-state index < -0.39 is 0 Å². The molecule has 0 atom stereocenters. The summed E-state index contributed by atoms with van der Waals surface area (Å²) in [5.74, 6) is 3.24. The smallest absolute Gasteiger partial charge is 0.127 e. The van der Waals surface area contributed by atoms with Crippen molar-refractivity contribution in [2.24, 2.45) is 0 Å². The predicted octanol–water partition coefficient (Wildman–Crippen LogP) is 15.5. The van der Waals surface area contributed by atoms with Gasteiger partial charge in [0.2, 0.25) is 0 Å². The summed E-state index contributed by atoms with van der Waals surface area (Å²) in [6.07, 6.45) is 0. The molecule has 0 bridgehead atoms. The number of ether oxygens (including phenoxy) is 2. The zero-order valence-electron chi connectivity index (χ0n) is 32.3. The molecule has 0 spiro atoms. The van der Waals surface area contributed by atoms with E-state index in [2.05, 4.69) is 169 Å². The fourth-order valence-corrected chi connectivity index (χ4v) is 6.47. The first-order chi connectivity index (χ1) is 27.6. The van der Waals surface area contributed by atoms with Gasteiger partial charge in [-0.05, 0) is 146 Å². The third-order valence-electron chi connectivity index (χ3n) is 9.32. The molecule has 0 aliphatic rings. The highest BCUT2D eigenvalue weighted by Crippen LogP contribution is 2.39. The third kappa shape index (κ3) is 9.00. The van der Waals surface area contributed by atoms with Crippen LogP contribution in [0.15, 0.2) is 206 Å². The van der Waals surface area contributed by atoms with Gasteiger partial charge in [-0.1, -0.05) is 110 Å². The molecular formula is C52H46N2O2. The van der Waals surface area contributed by atoms with Crippen LogP contribution < -0.4 is 19.3 Å². The average Bonchev–Trinajstić information content (AvgIpc) is 3.26. The van der Waals surface area contributed by atoms with Crippen LogP contribution in [0.25, 0.3) is 11.1 Å². The van der Waals surface area contributed by atoms with Gasteiger partial charge in [-0.3, -0.25) is 0 Å². The first-order valence-corrected chi connectivity index (χ1v) is 19.2. The van der Waals surface area contributed by atoms with E-state index in [1.54, 1.807) is 0 Å². The lowest BCUT2D eigenvalue weighted by molar-refractivity contribution is 0.482. The molecule has 0 saturated heterocycles. The highest BCUT2D eigenvalue weighted by atomic mass is 16.5. The van der Waals surface area contributed by atoms with Gasteiger partial charge in [0, 0.05) is 34.1 Å². The van der Waals surface area contributed by atoms with Crippen molar-refractivity contribution < 1.29 is 9.47 Å². The van der Waals surface area contributed by atoms with E-state index in [9.17, 15) is 0 Å². The minimum absolute atomic E-state index is 0.796. The molecule has 0 radical (unpaired) electrons. The fraction of sp³-hybridized carbons (Fsp3) is 0.0769. The van der Waals surface area contributed by atoms with Crippen LogP contribution in [0, 0.1) is 13.8 Å². The van der Waals surface area contributed by atoms with Crippen LogP contribution in [0.2, 0.25) is 0 Å². The Hall–Kier alpha value is -7.04. The van der Waals surface area contributed by atoms with Crippen LogP contribution in [-0.2, 0) is 0 Å². The van der Waals surface area contributed by atoms with Gasteiger partial charge in [-0.25, -0.2) is 0 Å². The molecule has 8 rings (SSSR count). The van der Waals surface area contributed by atoms with Gasteiger partial charge in [-0.2, -0.15) is 0 Å². The standard InChI is InChI=1S/C50H40N2O2.C2H6/c1-37-13-29-47(30-14-37)53-49-33-25-45(26-34-49)51(41-9-5-3-6-10-41)43-21-17-39(18-22-43)40-19-23-44(24-20-40)52(42-11-7-4-8-12-42)46-27-35-50(36-28-46)54-48-31-15-38(2)16-32-48;1-2/h3-36H,1-2H3;1-2H3. The highest BCUT2D eigenvalue weighted by Gasteiger charge is 2.15. The van der Waals surface area contributed by atoms with Crippen molar-refractivity contribution in [2.45, 2.75) is 27.7 Å². The molecule has 276 valence electrons. The molecule has 0 heterocycles. The molecule has 0 aliphatic carbocycles. The van der Waals surface area contributed by atoms with Crippen LogP contribution in [0.4, 0.5) is 34.1 Å². The molecule has 0 unspecified atom stereocenters. The summed E-state index contributed by atoms with van der Waals surface area (Å²) in [5, 5.41) is 0. The molecule has 8 aromatic carbocycles. The van der Waals surface area contributed by atoms with Crippen molar-refractivity contribution in [1.29, 1.82) is 0 Å². The van der Waals surface area contributed by atoms with Crippen molar-refractivity contribution in [3.8, 4) is 34.1 Å². The zero-order chi connectivity index (χ0) is 38.7. The van der Waals surface area contributed by atoms with Gasteiger partial charge in [0.25, 0.3) is 0 Å². The lowest BCUT2D eigenvalue weighted by atomic mass is 10.0. The monoisotopic (exact) mass is 730 g/mol. The molecular weight excluding hydrogens is 685 g/mol. The summed E-state index contributed by atoms with van der Waals surface area (Å²) in [5.41, 5.74) is 11.1. The second kappa shape index (κ2) is 17.9. The molecule has 0 saturated carbocycles. The summed E-state index contributed by atoms with van der Waals surface area (Å²) < 4.78 is 12.2. The summed E-state index contributed by atoms with van der Waals surface area (Å²) in [4.78, 5) is 4.52. The van der Waals surface area contributed by atoms with Crippen molar-refractivity contribution in [1.82, 2.24) is 0 Å². The highest BCUT2D eigenvalue weighted by molar-refractivity contribution is 5.81. The van der Waals surface area contributed by atoms with Gasteiger partial charge >= 0.3 is 0 Å². The maximum absolute atomic E-state index is 6.12. The van der Waals surface area contributed by atoms with Crippen LogP contribution in [0.3, 0.4) is 0 Å². The van der Waals surface area contributed by atoms with Gasteiger partial charge in [0.05, 0.1) is 0 Å². The average molecular weight is 731 g/mol. The Morgan fingerprint density at radius 3 is 0.786 bits per heavy atom. The molecule has 0 aliphatic heterocycles. The second-order valence-corrected chi connectivity index (χ2v) is 13.3. The number of nitrogens with zero attached hydrogens (tertiary/aromatic N) is 2. The number of para-hydroxylation sites is 2. The number of benzene rings is 8. The van der Waals surface area contributed by atoms with E-state index in [-0.39, 0.29) is 0 Å². The number of anilines is 6. The number of hydrogen-bond donors (Lipinski definition) is 0. The molecule has 0 amide bonds. The largest absolute Gasteiger partial charge is 0.457 e. The van der Waals surface area contributed by atoms with Gasteiger partial charge in [0.15, 0.2) is 0 Å². The maximum atomic E-state index is 6.12. The molecule has 0 N–H and O–H groups in total. The van der Waals surface area contributed by atoms with E-state index in [1.165, 1.54) is 11.1 Å². The van der Waals surface area contributed by atoms with Gasteiger partial charge < -0.3 is 19.3 Å². The van der Waals surface area contributed by atoms with Crippen molar-refractivity contribution in [3.05, 3.63) is 217 Å². The van der Waals surface area contributed by atoms with Crippen LogP contribution in [0.1, 0.15) is 25.0 Å². The zero-order valence-corrected chi connectivity index (χ0v) is 32.3. The minimum Gasteiger partial charge on any atom is -0.457 e. The third-order valence-corrected chi connectivity index (χ3v) is 9.32. The van der Waals surface area contributed by atoms with Gasteiger partial charge in [-0.15, -0.1) is 0 Å². The van der Waals surface area contributed by atoms with Crippen LogP contribution in [0.5, 0.6) is 23.0 Å². The first-order valence-electron chi connectivity index (χ1n) is 19.2. The Bertz CT molecular complexity index is 2220. The Morgan fingerprint density at radius 1 is 0.268 bits per heavy atom. The van der Waals surface area contributed by atoms with Gasteiger partial charge in [0.1, 0.15) is 23.0 Å². The Morgan fingerprint density at radius 2 is 0.500 bits per heavy atom. The Balaban J connectivity index is 0.00000237. The molecule has 4 nitrogen and oxygen atoms in total. The fourth-order valence-electron chi connectivity index (χ4n) is 6.47. The molecule has 4 heteroatoms. The minimum atomic E-state index is 0.796. The lowest BCUT2D eigenvalue weighted by Gasteiger charge is -2.26. The van der Waals surface area contributed by atoms with E-state index in [1.807, 2.05) is 74.5 Å². The van der Waals surface area contributed by atoms with Crippen molar-refractivity contribution >= 4 is 34.1 Å². The Labute approximate surface area is 331 Å². The molecule has 0 fully saturated rings. The molecule has 8 aromatic rings. The number of aryl methyl sites for hydroxylation is 2. The summed E-state index contributed by atoms with van der Waals surface area (Å²) in [6, 6.07) is 71.1. The SMILES string of the molecule is CC.Cc1ccc(Oc2ccc(N(c3ccccc3)c3ccc(-c4ccc(N(c5ccccc5)c5ccc(Oc6ccc(C)cc6)cc5)cc4)cc3)cc2)cc1. The second-order valence-electron chi connectivity index (χ2n) is 13.3. The van der Waals surface area contributed by atoms with Crippen molar-refractivity contribution in [3.63, 3.8) is 0 Å². The van der Waals surface area contributed by atoms with E-state index in [0.29, 0.717) is 0 Å². The Kier molecular flexibility index (Phi) is 11.9. The summed E-state index contributed by atoms with van der Waals surface area (Å²) in [7, 11) is 0. The van der Waals surface area contributed by atoms with E-state index >= 15 is 0 Å².